The van der Waals surface area contributed by atoms with E-state index in [0.717, 1.165) is 35.2 Å². The van der Waals surface area contributed by atoms with Crippen LogP contribution in [0.1, 0.15) is 5.56 Å². The van der Waals surface area contributed by atoms with Gasteiger partial charge in [-0.1, -0.05) is 12.0 Å². The summed E-state index contributed by atoms with van der Waals surface area (Å²) in [5, 5.41) is 10.1. The van der Waals surface area contributed by atoms with Crippen LogP contribution in [0.3, 0.4) is 0 Å². The van der Waals surface area contributed by atoms with Gasteiger partial charge in [-0.15, -0.1) is 6.42 Å². The summed E-state index contributed by atoms with van der Waals surface area (Å²) in [5.41, 5.74) is 3.08. The molecule has 3 rings (SSSR count). The van der Waals surface area contributed by atoms with E-state index in [0.29, 0.717) is 11.5 Å². The van der Waals surface area contributed by atoms with Crippen LogP contribution in [0.15, 0.2) is 48.8 Å². The molecule has 0 unspecified atom stereocenters. The average molecular weight is 388 g/mol. The molecular formula is C22H24N6O. The lowest BCUT2D eigenvalue weighted by atomic mass is 10.2. The van der Waals surface area contributed by atoms with Crippen LogP contribution in [0.25, 0.3) is 10.9 Å². The summed E-state index contributed by atoms with van der Waals surface area (Å²) < 4.78 is 0. The van der Waals surface area contributed by atoms with Crippen molar-refractivity contribution in [2.75, 3.05) is 44.4 Å². The van der Waals surface area contributed by atoms with E-state index in [-0.39, 0.29) is 12.5 Å². The number of hydrogen-bond donors (Lipinski definition) is 3. The van der Waals surface area contributed by atoms with Gasteiger partial charge in [0.1, 0.15) is 12.1 Å². The molecule has 148 valence electrons. The molecule has 0 aliphatic carbocycles. The number of aromatic nitrogens is 2. The lowest BCUT2D eigenvalue weighted by Crippen LogP contribution is -2.33. The van der Waals surface area contributed by atoms with Crippen molar-refractivity contribution in [3.63, 3.8) is 0 Å². The highest BCUT2D eigenvalue weighted by Gasteiger charge is 2.08. The first-order valence-corrected chi connectivity index (χ1v) is 9.29. The summed E-state index contributed by atoms with van der Waals surface area (Å²) in [4.78, 5) is 22.9. The maximum atomic E-state index is 12.2. The molecular weight excluding hydrogens is 364 g/mol. The van der Waals surface area contributed by atoms with Gasteiger partial charge in [-0.25, -0.2) is 9.97 Å². The topological polar surface area (TPSA) is 82.2 Å². The fourth-order valence-corrected chi connectivity index (χ4v) is 2.77. The van der Waals surface area contributed by atoms with Crippen LogP contribution in [-0.4, -0.2) is 54.5 Å². The second-order valence-electron chi connectivity index (χ2n) is 6.83. The minimum Gasteiger partial charge on any atom is -0.340 e. The Morgan fingerprint density at radius 1 is 1.14 bits per heavy atom. The van der Waals surface area contributed by atoms with Crippen LogP contribution in [-0.2, 0) is 4.79 Å². The molecule has 3 N–H and O–H groups in total. The van der Waals surface area contributed by atoms with Crippen molar-refractivity contribution < 1.29 is 4.79 Å². The van der Waals surface area contributed by atoms with E-state index in [1.54, 1.807) is 0 Å². The van der Waals surface area contributed by atoms with E-state index in [9.17, 15) is 4.79 Å². The largest absolute Gasteiger partial charge is 0.340 e. The Kier molecular flexibility index (Phi) is 6.74. The molecule has 1 amide bonds. The molecule has 0 aliphatic rings. The smallest absolute Gasteiger partial charge is 0.238 e. The third-order valence-electron chi connectivity index (χ3n) is 4.23. The van der Waals surface area contributed by atoms with Gasteiger partial charge in [-0.2, -0.15) is 0 Å². The van der Waals surface area contributed by atoms with Crippen molar-refractivity contribution in [1.29, 1.82) is 0 Å². The molecule has 0 aliphatic heterocycles. The lowest BCUT2D eigenvalue weighted by molar-refractivity contribution is -0.115. The van der Waals surface area contributed by atoms with Crippen LogP contribution in [0.4, 0.5) is 17.2 Å². The Morgan fingerprint density at radius 2 is 2.00 bits per heavy atom. The highest BCUT2D eigenvalue weighted by Crippen LogP contribution is 2.26. The SMILES string of the molecule is C#Cc1cccc(Nc2ncnc3ccc(NC(=O)CNCCN(C)C)cc23)c1. The van der Waals surface area contributed by atoms with Crippen molar-refractivity contribution in [2.45, 2.75) is 0 Å². The van der Waals surface area contributed by atoms with Crippen LogP contribution >= 0.6 is 0 Å². The third kappa shape index (κ3) is 5.75. The molecule has 7 heteroatoms. The summed E-state index contributed by atoms with van der Waals surface area (Å²) >= 11 is 0. The number of benzene rings is 2. The monoisotopic (exact) mass is 388 g/mol. The van der Waals surface area contributed by atoms with Gasteiger partial charge in [0.2, 0.25) is 5.91 Å². The molecule has 0 saturated carbocycles. The quantitative estimate of drug-likeness (QED) is 0.406. The molecule has 0 saturated heterocycles. The van der Waals surface area contributed by atoms with E-state index in [2.05, 4.69) is 36.7 Å². The molecule has 2 aromatic carbocycles. The zero-order chi connectivity index (χ0) is 20.6. The third-order valence-corrected chi connectivity index (χ3v) is 4.23. The second kappa shape index (κ2) is 9.64. The van der Waals surface area contributed by atoms with Gasteiger partial charge in [-0.3, -0.25) is 4.79 Å². The summed E-state index contributed by atoms with van der Waals surface area (Å²) in [7, 11) is 3.99. The number of carbonyl (C=O) groups excluding carboxylic acids is 1. The van der Waals surface area contributed by atoms with Gasteiger partial charge in [0.05, 0.1) is 12.1 Å². The van der Waals surface area contributed by atoms with Gasteiger partial charge in [0.25, 0.3) is 0 Å². The molecule has 0 fully saturated rings. The molecule has 3 aromatic rings. The number of hydrogen-bond acceptors (Lipinski definition) is 6. The fraction of sp³-hybridized carbons (Fsp3) is 0.227. The molecule has 1 heterocycles. The zero-order valence-corrected chi connectivity index (χ0v) is 16.6. The van der Waals surface area contributed by atoms with Gasteiger partial charge < -0.3 is 20.9 Å². The minimum atomic E-state index is -0.101. The number of rotatable bonds is 8. The van der Waals surface area contributed by atoms with E-state index in [1.165, 1.54) is 6.33 Å². The number of amides is 1. The van der Waals surface area contributed by atoms with Crippen molar-refractivity contribution in [1.82, 2.24) is 20.2 Å². The van der Waals surface area contributed by atoms with Gasteiger partial charge in [0, 0.05) is 35.4 Å². The number of nitrogens with one attached hydrogen (secondary N) is 3. The molecule has 7 nitrogen and oxygen atoms in total. The highest BCUT2D eigenvalue weighted by atomic mass is 16.1. The Hall–Kier alpha value is -3.47. The van der Waals surface area contributed by atoms with Gasteiger partial charge in [-0.05, 0) is 50.5 Å². The predicted octanol–water partition coefficient (Wildman–Crippen LogP) is 2.44. The van der Waals surface area contributed by atoms with Crippen molar-refractivity contribution >= 4 is 34.0 Å². The minimum absolute atomic E-state index is 0.101. The maximum absolute atomic E-state index is 12.2. The molecule has 29 heavy (non-hydrogen) atoms. The number of anilines is 3. The van der Waals surface area contributed by atoms with Crippen molar-refractivity contribution in [3.05, 3.63) is 54.4 Å². The highest BCUT2D eigenvalue weighted by molar-refractivity contribution is 5.97. The van der Waals surface area contributed by atoms with Crippen LogP contribution in [0.2, 0.25) is 0 Å². The number of nitrogens with zero attached hydrogens (tertiary/aromatic N) is 3. The lowest BCUT2D eigenvalue weighted by Gasteiger charge is -2.12. The number of likely N-dealkylation sites (N-methyl/N-ethyl adjacent to an activating group) is 1. The number of carbonyl (C=O) groups is 1. The maximum Gasteiger partial charge on any atom is 0.238 e. The van der Waals surface area contributed by atoms with Crippen LogP contribution < -0.4 is 16.0 Å². The molecule has 0 atom stereocenters. The zero-order valence-electron chi connectivity index (χ0n) is 16.6. The van der Waals surface area contributed by atoms with Gasteiger partial charge >= 0.3 is 0 Å². The van der Waals surface area contributed by atoms with Crippen molar-refractivity contribution in [2.24, 2.45) is 0 Å². The van der Waals surface area contributed by atoms with E-state index >= 15 is 0 Å². The standard InChI is InChI=1S/C22H24N6O/c1-4-16-6-5-7-17(12-16)27-22-19-13-18(8-9-20(19)24-15-25-22)26-21(29)14-23-10-11-28(2)3/h1,5-9,12-13,15,23H,10-11,14H2,2-3H3,(H,26,29)(H,24,25,27). The summed E-state index contributed by atoms with van der Waals surface area (Å²) in [5.74, 6) is 3.16. The Morgan fingerprint density at radius 3 is 2.79 bits per heavy atom. The first-order chi connectivity index (χ1) is 14.0. The van der Waals surface area contributed by atoms with E-state index < -0.39 is 0 Å². The molecule has 1 aromatic heterocycles. The predicted molar refractivity (Wildman–Crippen MR) is 117 cm³/mol. The van der Waals surface area contributed by atoms with Gasteiger partial charge in [0.15, 0.2) is 0 Å². The first kappa shape index (κ1) is 20.3. The summed E-state index contributed by atoms with van der Waals surface area (Å²) in [6, 6.07) is 13.1. The van der Waals surface area contributed by atoms with E-state index in [1.807, 2.05) is 56.6 Å². The molecule has 0 bridgehead atoms. The first-order valence-electron chi connectivity index (χ1n) is 9.29. The van der Waals surface area contributed by atoms with Crippen molar-refractivity contribution in [3.8, 4) is 12.3 Å². The molecule has 0 spiro atoms. The summed E-state index contributed by atoms with van der Waals surface area (Å²) in [6.07, 6.45) is 6.98. The Bertz CT molecular complexity index is 1040. The second-order valence-corrected chi connectivity index (χ2v) is 6.83. The summed E-state index contributed by atoms with van der Waals surface area (Å²) in [6.45, 7) is 1.87. The van der Waals surface area contributed by atoms with E-state index in [4.69, 9.17) is 6.42 Å². The average Bonchev–Trinajstić information content (AvgIpc) is 2.72. The normalized spacial score (nSPS) is 10.7. The fourth-order valence-electron chi connectivity index (χ4n) is 2.77. The van der Waals surface area contributed by atoms with Crippen LogP contribution in [0, 0.1) is 12.3 Å². The Labute approximate surface area is 170 Å². The number of fused-ring (bicyclic) bond motifs is 1. The Balaban J connectivity index is 1.74. The number of terminal acetylenes is 1. The molecule has 0 radical (unpaired) electrons. The van der Waals surface area contributed by atoms with Crippen LogP contribution in [0.5, 0.6) is 0 Å².